The predicted octanol–water partition coefficient (Wildman–Crippen LogP) is 1.31. The van der Waals surface area contributed by atoms with Gasteiger partial charge in [-0.25, -0.2) is 0 Å². The summed E-state index contributed by atoms with van der Waals surface area (Å²) >= 11 is 0. The number of hydrogen-bond acceptors (Lipinski definition) is 3. The molecule has 1 aliphatic rings. The van der Waals surface area contributed by atoms with Crippen molar-refractivity contribution in [2.24, 2.45) is 0 Å². The molecular formula is C10H7NO3. The van der Waals surface area contributed by atoms with Crippen molar-refractivity contribution in [3.63, 3.8) is 0 Å². The first-order valence-electron chi connectivity index (χ1n) is 3.99. The zero-order valence-corrected chi connectivity index (χ0v) is 7.23. The van der Waals surface area contributed by atoms with E-state index in [1.807, 2.05) is 0 Å². The van der Waals surface area contributed by atoms with Gasteiger partial charge in [0.05, 0.1) is 11.1 Å². The third-order valence-corrected chi connectivity index (χ3v) is 2.12. The van der Waals surface area contributed by atoms with Crippen LogP contribution in [0.2, 0.25) is 0 Å². The number of amides is 2. The van der Waals surface area contributed by atoms with E-state index in [-0.39, 0.29) is 16.2 Å². The van der Waals surface area contributed by atoms with Crippen LogP contribution in [0.5, 0.6) is 0 Å². The van der Waals surface area contributed by atoms with Crippen LogP contribution in [-0.2, 0) is 0 Å². The standard InChI is InChI=1S/C10H7NO3/c1-2-6-3-4-7-8(5-6)10(13)11(14)9(7)12/h2-5,14H,1H2. The van der Waals surface area contributed by atoms with Crippen LogP contribution in [0, 0.1) is 0 Å². The molecule has 0 atom stereocenters. The van der Waals surface area contributed by atoms with Crippen molar-refractivity contribution in [2.45, 2.75) is 0 Å². The third-order valence-electron chi connectivity index (χ3n) is 2.12. The molecule has 1 aromatic rings. The van der Waals surface area contributed by atoms with E-state index in [0.29, 0.717) is 0 Å². The van der Waals surface area contributed by atoms with Crippen LogP contribution >= 0.6 is 0 Å². The molecule has 0 fully saturated rings. The van der Waals surface area contributed by atoms with Gasteiger partial charge < -0.3 is 0 Å². The molecule has 14 heavy (non-hydrogen) atoms. The fourth-order valence-electron chi connectivity index (χ4n) is 1.37. The minimum atomic E-state index is -0.686. The molecule has 0 unspecified atom stereocenters. The maximum Gasteiger partial charge on any atom is 0.285 e. The third kappa shape index (κ3) is 0.978. The number of fused-ring (bicyclic) bond motifs is 1. The summed E-state index contributed by atoms with van der Waals surface area (Å²) in [7, 11) is 0. The molecule has 0 saturated heterocycles. The molecule has 0 aliphatic carbocycles. The Labute approximate surface area is 80.0 Å². The molecular weight excluding hydrogens is 182 g/mol. The van der Waals surface area contributed by atoms with E-state index < -0.39 is 11.8 Å². The molecule has 1 N–H and O–H groups in total. The number of imide groups is 1. The number of carbonyl (C=O) groups is 2. The first-order valence-corrected chi connectivity index (χ1v) is 3.99. The van der Waals surface area contributed by atoms with Gasteiger partial charge in [0.15, 0.2) is 0 Å². The molecule has 2 amide bonds. The monoisotopic (exact) mass is 189 g/mol. The summed E-state index contributed by atoms with van der Waals surface area (Å²) in [5, 5.41) is 9.18. The molecule has 0 spiro atoms. The van der Waals surface area contributed by atoms with Crippen LogP contribution in [0.4, 0.5) is 0 Å². The van der Waals surface area contributed by atoms with E-state index in [4.69, 9.17) is 5.21 Å². The van der Waals surface area contributed by atoms with Crippen LogP contribution in [0.3, 0.4) is 0 Å². The van der Waals surface area contributed by atoms with Gasteiger partial charge in [0, 0.05) is 0 Å². The molecule has 2 rings (SSSR count). The summed E-state index contributed by atoms with van der Waals surface area (Å²) in [5.41, 5.74) is 1.18. The van der Waals surface area contributed by atoms with Crippen LogP contribution in [0.25, 0.3) is 6.08 Å². The van der Waals surface area contributed by atoms with Crippen LogP contribution in [-0.4, -0.2) is 22.1 Å². The largest absolute Gasteiger partial charge is 0.285 e. The second-order valence-electron chi connectivity index (χ2n) is 2.93. The molecule has 0 saturated carbocycles. The lowest BCUT2D eigenvalue weighted by Crippen LogP contribution is -2.25. The van der Waals surface area contributed by atoms with Gasteiger partial charge in [0.2, 0.25) is 0 Å². The van der Waals surface area contributed by atoms with Gasteiger partial charge in [-0.05, 0) is 17.7 Å². The van der Waals surface area contributed by atoms with Gasteiger partial charge in [-0.3, -0.25) is 14.8 Å². The Bertz CT molecular complexity index is 451. The summed E-state index contributed by atoms with van der Waals surface area (Å²) in [6.07, 6.45) is 1.57. The zero-order chi connectivity index (χ0) is 10.3. The van der Waals surface area contributed by atoms with Gasteiger partial charge in [0.1, 0.15) is 0 Å². The van der Waals surface area contributed by atoms with E-state index in [0.717, 1.165) is 5.56 Å². The fraction of sp³-hybridized carbons (Fsp3) is 0. The molecule has 4 nitrogen and oxygen atoms in total. The molecule has 70 valence electrons. The lowest BCUT2D eigenvalue weighted by atomic mass is 10.1. The number of rotatable bonds is 1. The molecule has 0 radical (unpaired) electrons. The minimum absolute atomic E-state index is 0.123. The summed E-state index contributed by atoms with van der Waals surface area (Å²) in [5.74, 6) is -1.37. The summed E-state index contributed by atoms with van der Waals surface area (Å²) < 4.78 is 0. The maximum atomic E-state index is 11.3. The van der Waals surface area contributed by atoms with Crippen LogP contribution < -0.4 is 0 Å². The van der Waals surface area contributed by atoms with Gasteiger partial charge in [-0.2, -0.15) is 0 Å². The topological polar surface area (TPSA) is 57.6 Å². The highest BCUT2D eigenvalue weighted by atomic mass is 16.5. The molecule has 1 aliphatic heterocycles. The van der Waals surface area contributed by atoms with E-state index in [1.165, 1.54) is 12.1 Å². The maximum absolute atomic E-state index is 11.3. The second-order valence-corrected chi connectivity index (χ2v) is 2.93. The Kier molecular flexibility index (Phi) is 1.72. The lowest BCUT2D eigenvalue weighted by molar-refractivity contribution is -0.0327. The van der Waals surface area contributed by atoms with Gasteiger partial charge >= 0.3 is 0 Å². The van der Waals surface area contributed by atoms with E-state index >= 15 is 0 Å². The van der Waals surface area contributed by atoms with Crippen molar-refractivity contribution in [2.75, 3.05) is 0 Å². The van der Waals surface area contributed by atoms with Crippen LogP contribution in [0.1, 0.15) is 26.3 Å². The van der Waals surface area contributed by atoms with Crippen molar-refractivity contribution >= 4 is 17.9 Å². The zero-order valence-electron chi connectivity index (χ0n) is 7.23. The summed E-state index contributed by atoms with van der Waals surface area (Å²) in [6.45, 7) is 3.55. The van der Waals surface area contributed by atoms with Gasteiger partial charge in [-0.15, -0.1) is 5.06 Å². The van der Waals surface area contributed by atoms with Crippen molar-refractivity contribution in [3.05, 3.63) is 41.5 Å². The Hall–Kier alpha value is -1.94. The number of nitrogens with zero attached hydrogens (tertiary/aromatic N) is 1. The minimum Gasteiger partial charge on any atom is -0.278 e. The Morgan fingerprint density at radius 1 is 1.21 bits per heavy atom. The molecule has 1 heterocycles. The van der Waals surface area contributed by atoms with Crippen molar-refractivity contribution < 1.29 is 14.8 Å². The molecule has 0 aromatic heterocycles. The number of benzene rings is 1. The quantitative estimate of drug-likeness (QED) is 0.535. The predicted molar refractivity (Wildman–Crippen MR) is 48.8 cm³/mol. The number of carbonyl (C=O) groups excluding carboxylic acids is 2. The Morgan fingerprint density at radius 3 is 2.50 bits per heavy atom. The highest BCUT2D eigenvalue weighted by molar-refractivity contribution is 6.20. The van der Waals surface area contributed by atoms with Crippen molar-refractivity contribution in [1.29, 1.82) is 0 Å². The highest BCUT2D eigenvalue weighted by Crippen LogP contribution is 2.22. The van der Waals surface area contributed by atoms with Gasteiger partial charge in [0.25, 0.3) is 11.8 Å². The summed E-state index contributed by atoms with van der Waals surface area (Å²) in [6, 6.07) is 4.69. The average Bonchev–Trinajstić information content (AvgIpc) is 2.44. The van der Waals surface area contributed by atoms with E-state index in [2.05, 4.69) is 6.58 Å². The molecule has 0 bridgehead atoms. The van der Waals surface area contributed by atoms with Crippen molar-refractivity contribution in [3.8, 4) is 0 Å². The van der Waals surface area contributed by atoms with Crippen LogP contribution in [0.15, 0.2) is 24.8 Å². The van der Waals surface area contributed by atoms with Crippen molar-refractivity contribution in [1.82, 2.24) is 5.06 Å². The number of hydroxylamine groups is 2. The Morgan fingerprint density at radius 2 is 1.86 bits per heavy atom. The second kappa shape index (κ2) is 2.78. The number of hydrogen-bond donors (Lipinski definition) is 1. The van der Waals surface area contributed by atoms with E-state index in [9.17, 15) is 9.59 Å². The SMILES string of the molecule is C=Cc1ccc2c(c1)C(=O)N(O)C2=O. The first-order chi connectivity index (χ1) is 6.65. The lowest BCUT2D eigenvalue weighted by Gasteiger charge is -1.99. The fourth-order valence-corrected chi connectivity index (χ4v) is 1.37. The molecule has 1 aromatic carbocycles. The van der Waals surface area contributed by atoms with Gasteiger partial charge in [-0.1, -0.05) is 18.7 Å². The normalized spacial score (nSPS) is 14.5. The summed E-state index contributed by atoms with van der Waals surface area (Å²) in [4.78, 5) is 22.5. The Balaban J connectivity index is 2.64. The average molecular weight is 189 g/mol. The molecule has 4 heteroatoms. The smallest absolute Gasteiger partial charge is 0.278 e. The van der Waals surface area contributed by atoms with E-state index in [1.54, 1.807) is 12.1 Å². The highest BCUT2D eigenvalue weighted by Gasteiger charge is 2.34. The first kappa shape index (κ1) is 8.65.